The van der Waals surface area contributed by atoms with Crippen molar-refractivity contribution in [2.24, 2.45) is 20.5 Å². The van der Waals surface area contributed by atoms with Gasteiger partial charge in [-0.15, -0.1) is 10.2 Å². The summed E-state index contributed by atoms with van der Waals surface area (Å²) in [5, 5.41) is 19.8. The van der Waals surface area contributed by atoms with Gasteiger partial charge in [0, 0.05) is 10.8 Å². The molecule has 6 aromatic rings. The normalized spacial score (nSPS) is 12.1. The summed E-state index contributed by atoms with van der Waals surface area (Å²) in [6, 6.07) is 29.3. The number of hydrogen-bond donors (Lipinski definition) is 2. The van der Waals surface area contributed by atoms with Crippen LogP contribution in [-0.4, -0.2) is 25.9 Å². The Morgan fingerprint density at radius 1 is 0.500 bits per heavy atom. The first-order valence-corrected chi connectivity index (χ1v) is 17.0. The van der Waals surface area contributed by atoms with E-state index in [-0.39, 0.29) is 125 Å². The summed E-state index contributed by atoms with van der Waals surface area (Å²) in [7, 11) is -10.1. The molecule has 50 heavy (non-hydrogen) atoms. The zero-order valence-electron chi connectivity index (χ0n) is 26.8. The van der Waals surface area contributed by atoms with Crippen LogP contribution in [0.3, 0.4) is 0 Å². The van der Waals surface area contributed by atoms with E-state index in [1.165, 1.54) is 36.4 Å². The van der Waals surface area contributed by atoms with Gasteiger partial charge in [0.05, 0.1) is 32.5 Å². The van der Waals surface area contributed by atoms with E-state index in [0.29, 0.717) is 22.7 Å². The molecule has 0 aliphatic carbocycles. The number of rotatable bonds is 8. The molecule has 0 aliphatic heterocycles. The van der Waals surface area contributed by atoms with Gasteiger partial charge in [0.15, 0.2) is 0 Å². The molecule has 0 spiro atoms. The fourth-order valence-electron chi connectivity index (χ4n) is 5.04. The van der Waals surface area contributed by atoms with Crippen molar-refractivity contribution in [3.8, 4) is 0 Å². The Morgan fingerprint density at radius 3 is 1.26 bits per heavy atom. The minimum Gasteiger partial charge on any atom is -0.744 e. The Bertz CT molecular complexity index is 2390. The molecule has 0 heterocycles. The van der Waals surface area contributed by atoms with E-state index < -0.39 is 30.0 Å². The third-order valence-electron chi connectivity index (χ3n) is 7.37. The molecule has 0 bridgehead atoms. The smallest absolute Gasteiger partial charge is 0.744 e. The second-order valence-electron chi connectivity index (χ2n) is 10.5. The third kappa shape index (κ3) is 9.27. The van der Waals surface area contributed by atoms with Crippen molar-refractivity contribution in [2.75, 3.05) is 11.5 Å². The zero-order valence-corrected chi connectivity index (χ0v) is 34.6. The number of nitrogens with zero attached hydrogens (tertiary/aromatic N) is 4. The van der Waals surface area contributed by atoms with Crippen LogP contribution in [0.4, 0.5) is 34.1 Å². The Hall–Kier alpha value is -2.53. The summed E-state index contributed by atoms with van der Waals surface area (Å²) in [4.78, 5) is -1.27. The van der Waals surface area contributed by atoms with E-state index >= 15 is 0 Å². The van der Waals surface area contributed by atoms with Gasteiger partial charge in [0.25, 0.3) is 0 Å². The van der Waals surface area contributed by atoms with Crippen LogP contribution in [0.15, 0.2) is 139 Å². The van der Waals surface area contributed by atoms with Crippen LogP contribution in [0.5, 0.6) is 0 Å². The maximum Gasteiger partial charge on any atom is 1.00 e. The van der Waals surface area contributed by atoms with Crippen LogP contribution < -0.4 is 114 Å². The van der Waals surface area contributed by atoms with Crippen LogP contribution in [0.1, 0.15) is 11.1 Å². The monoisotopic (exact) mass is 754 g/mol. The average Bonchev–Trinajstić information content (AvgIpc) is 3.06. The molecule has 240 valence electrons. The van der Waals surface area contributed by atoms with E-state index in [1.54, 1.807) is 12.1 Å². The Labute approximate surface area is 373 Å². The first kappa shape index (κ1) is 40.2. The van der Waals surface area contributed by atoms with E-state index in [4.69, 9.17) is 11.5 Å². The van der Waals surface area contributed by atoms with Crippen molar-refractivity contribution >= 4 is 88.1 Å². The summed E-state index contributed by atoms with van der Waals surface area (Å²) in [5.41, 5.74) is 13.6. The number of anilines is 2. The second-order valence-corrected chi connectivity index (χ2v) is 13.2. The van der Waals surface area contributed by atoms with Gasteiger partial charge in [-0.1, -0.05) is 84.9 Å². The zero-order chi connectivity index (χ0) is 34.1. The molecule has 12 nitrogen and oxygen atoms in total. The van der Waals surface area contributed by atoms with Crippen molar-refractivity contribution in [3.63, 3.8) is 0 Å². The summed E-state index contributed by atoms with van der Waals surface area (Å²) in [6.07, 6.45) is 2.41. The number of benzene rings is 6. The van der Waals surface area contributed by atoms with Crippen molar-refractivity contribution in [1.82, 2.24) is 0 Å². The fourth-order valence-corrected chi connectivity index (χ4v) is 6.42. The van der Waals surface area contributed by atoms with Crippen molar-refractivity contribution in [3.05, 3.63) is 120 Å². The SMILES string of the molecule is Nc1ccc2ccccc2c1N=Nc1ccc(C=Cc2ccc(N=Nc3c(N)ccc4ccccc34)cc2S(=O)(=O)[O-])c(S(=O)(=O)[O-])c1.[K+].[K+]. The predicted octanol–water partition coefficient (Wildman–Crippen LogP) is 1.97. The van der Waals surface area contributed by atoms with Crippen LogP contribution >= 0.6 is 0 Å². The quantitative estimate of drug-likeness (QED) is 0.0768. The first-order valence-electron chi connectivity index (χ1n) is 14.1. The van der Waals surface area contributed by atoms with E-state index in [0.717, 1.165) is 33.7 Å². The molecule has 4 N–H and O–H groups in total. The maximum atomic E-state index is 12.2. The summed E-state index contributed by atoms with van der Waals surface area (Å²) in [5.74, 6) is 0. The number of fused-ring (bicyclic) bond motifs is 2. The largest absolute Gasteiger partial charge is 1.00 e. The summed E-state index contributed by atoms with van der Waals surface area (Å²) in [6.45, 7) is 0. The Morgan fingerprint density at radius 2 is 0.880 bits per heavy atom. The molecule has 6 rings (SSSR count). The molecule has 0 radical (unpaired) electrons. The average molecular weight is 755 g/mol. The molecule has 0 aromatic heterocycles. The van der Waals surface area contributed by atoms with E-state index in [2.05, 4.69) is 20.5 Å². The van der Waals surface area contributed by atoms with Gasteiger partial charge >= 0.3 is 103 Å². The fraction of sp³-hybridized carbons (Fsp3) is 0. The van der Waals surface area contributed by atoms with Crippen LogP contribution in [-0.2, 0) is 20.2 Å². The van der Waals surface area contributed by atoms with Crippen molar-refractivity contribution in [1.29, 1.82) is 0 Å². The van der Waals surface area contributed by atoms with Gasteiger partial charge < -0.3 is 20.6 Å². The molecular weight excluding hydrogens is 731 g/mol. The molecule has 0 unspecified atom stereocenters. The molecular formula is C34H24K2N6O6S2. The van der Waals surface area contributed by atoms with Crippen LogP contribution in [0.2, 0.25) is 0 Å². The van der Waals surface area contributed by atoms with Gasteiger partial charge in [0.1, 0.15) is 31.6 Å². The molecule has 0 aliphatic rings. The van der Waals surface area contributed by atoms with Gasteiger partial charge in [0.2, 0.25) is 0 Å². The van der Waals surface area contributed by atoms with Gasteiger partial charge in [-0.2, -0.15) is 10.2 Å². The summed E-state index contributed by atoms with van der Waals surface area (Å²) < 4.78 is 73.4. The number of nitrogen functional groups attached to an aromatic ring is 2. The van der Waals surface area contributed by atoms with Gasteiger partial charge in [-0.3, -0.25) is 0 Å². The summed E-state index contributed by atoms with van der Waals surface area (Å²) >= 11 is 0. The standard InChI is InChI=1S/C34H26N6O6S2.2K/c35-29-17-13-21-5-1-3-7-27(21)33(29)39-37-25-15-11-23(31(19-25)47(41,42)43)9-10-24-12-16-26(20-32(24)48(44,45)46)38-40-34-28-8-4-2-6-22(28)14-18-30(34)36;;/h1-20H,35-36H2,(H,41,42,43)(H,44,45,46);;/q;2*+1/p-2. The van der Waals surface area contributed by atoms with E-state index in [9.17, 15) is 25.9 Å². The van der Waals surface area contributed by atoms with Gasteiger partial charge in [-0.25, -0.2) is 16.8 Å². The topological polar surface area (TPSA) is 216 Å². The molecule has 0 amide bonds. The molecule has 0 saturated carbocycles. The minimum atomic E-state index is -5.03. The Balaban J connectivity index is 0.00000281. The maximum absolute atomic E-state index is 12.2. The van der Waals surface area contributed by atoms with Crippen molar-refractivity contribution < 1.29 is 129 Å². The molecule has 6 aromatic carbocycles. The number of azo groups is 2. The number of nitrogens with two attached hydrogens (primary N) is 2. The molecule has 0 fully saturated rings. The minimum absolute atomic E-state index is 0. The van der Waals surface area contributed by atoms with Crippen LogP contribution in [0.25, 0.3) is 33.7 Å². The third-order valence-corrected chi connectivity index (χ3v) is 9.15. The predicted molar refractivity (Wildman–Crippen MR) is 183 cm³/mol. The number of hydrogen-bond acceptors (Lipinski definition) is 12. The Kier molecular flexibility index (Phi) is 13.6. The first-order chi connectivity index (χ1) is 22.9. The van der Waals surface area contributed by atoms with Crippen molar-refractivity contribution in [2.45, 2.75) is 9.79 Å². The van der Waals surface area contributed by atoms with Gasteiger partial charge in [-0.05, 0) is 58.3 Å². The molecule has 0 saturated heterocycles. The molecule has 0 atom stereocenters. The molecule has 16 heteroatoms. The second kappa shape index (κ2) is 16.9. The van der Waals surface area contributed by atoms with E-state index in [1.807, 2.05) is 60.7 Å². The van der Waals surface area contributed by atoms with Crippen LogP contribution in [0, 0.1) is 0 Å².